The lowest BCUT2D eigenvalue weighted by atomic mass is 10.3. The van der Waals surface area contributed by atoms with E-state index in [0.717, 1.165) is 0 Å². The van der Waals surface area contributed by atoms with Gasteiger partial charge in [0.25, 0.3) is 0 Å². The third kappa shape index (κ3) is 4.10. The van der Waals surface area contributed by atoms with Crippen LogP contribution >= 0.6 is 11.8 Å². The summed E-state index contributed by atoms with van der Waals surface area (Å²) in [4.78, 5) is 35.2. The molecule has 3 N–H and O–H groups in total. The number of nitrogens with zero attached hydrogens (tertiary/aromatic N) is 1. The van der Waals surface area contributed by atoms with Gasteiger partial charge in [0.1, 0.15) is 6.04 Å². The van der Waals surface area contributed by atoms with E-state index >= 15 is 0 Å². The van der Waals surface area contributed by atoms with Crippen molar-refractivity contribution in [2.24, 2.45) is 0 Å². The van der Waals surface area contributed by atoms with Gasteiger partial charge in [0, 0.05) is 24.6 Å². The predicted octanol–water partition coefficient (Wildman–Crippen LogP) is -0.666. The van der Waals surface area contributed by atoms with Crippen molar-refractivity contribution in [2.75, 3.05) is 31.1 Å². The lowest BCUT2D eigenvalue weighted by Crippen LogP contribution is -2.54. The number of urea groups is 1. The molecule has 0 saturated carbocycles. The van der Waals surface area contributed by atoms with Crippen molar-refractivity contribution in [1.82, 2.24) is 15.5 Å². The number of hydrogen-bond donors (Lipinski definition) is 3. The van der Waals surface area contributed by atoms with E-state index in [1.54, 1.807) is 6.92 Å². The first-order valence-corrected chi connectivity index (χ1v) is 6.83. The molecule has 3 amide bonds. The van der Waals surface area contributed by atoms with Gasteiger partial charge in [-0.2, -0.15) is 11.8 Å². The lowest BCUT2D eigenvalue weighted by Gasteiger charge is -2.32. The number of carbonyl (C=O) groups is 3. The standard InChI is InChI=1S/C10H17N3O4S/c1-2-11-8(14)5-12-10(17)13-3-4-18-6-7(13)9(15)16/h7H,2-6H2,1H3,(H,11,14)(H,12,17)(H,15,16). The van der Waals surface area contributed by atoms with Gasteiger partial charge in [0.05, 0.1) is 6.54 Å². The highest BCUT2D eigenvalue weighted by atomic mass is 32.2. The van der Waals surface area contributed by atoms with Gasteiger partial charge >= 0.3 is 12.0 Å². The molecule has 102 valence electrons. The minimum Gasteiger partial charge on any atom is -0.480 e. The average molecular weight is 275 g/mol. The van der Waals surface area contributed by atoms with Crippen LogP contribution in [0, 0.1) is 0 Å². The summed E-state index contributed by atoms with van der Waals surface area (Å²) in [5.41, 5.74) is 0. The molecule has 0 radical (unpaired) electrons. The number of likely N-dealkylation sites (N-methyl/N-ethyl adjacent to an activating group) is 1. The minimum atomic E-state index is -1.02. The molecule has 1 heterocycles. The Bertz CT molecular complexity index is 337. The smallest absolute Gasteiger partial charge is 0.327 e. The zero-order valence-corrected chi connectivity index (χ0v) is 11.0. The molecule has 0 spiro atoms. The highest BCUT2D eigenvalue weighted by Gasteiger charge is 2.32. The van der Waals surface area contributed by atoms with E-state index < -0.39 is 18.0 Å². The van der Waals surface area contributed by atoms with Crippen LogP contribution in [0.1, 0.15) is 6.92 Å². The van der Waals surface area contributed by atoms with E-state index in [9.17, 15) is 14.4 Å². The number of nitrogens with one attached hydrogen (secondary N) is 2. The molecule has 0 aliphatic carbocycles. The molecule has 0 aromatic rings. The minimum absolute atomic E-state index is 0.136. The van der Waals surface area contributed by atoms with E-state index in [-0.39, 0.29) is 12.5 Å². The van der Waals surface area contributed by atoms with Crippen LogP contribution in [0.15, 0.2) is 0 Å². The van der Waals surface area contributed by atoms with Crippen molar-refractivity contribution in [3.8, 4) is 0 Å². The molecular formula is C10H17N3O4S. The van der Waals surface area contributed by atoms with Gasteiger partial charge in [-0.1, -0.05) is 0 Å². The molecular weight excluding hydrogens is 258 g/mol. The van der Waals surface area contributed by atoms with Crippen LogP contribution in [0.5, 0.6) is 0 Å². The maximum absolute atomic E-state index is 11.8. The highest BCUT2D eigenvalue weighted by Crippen LogP contribution is 2.16. The van der Waals surface area contributed by atoms with Gasteiger partial charge in [0.15, 0.2) is 0 Å². The molecule has 1 rings (SSSR count). The van der Waals surface area contributed by atoms with Crippen LogP contribution < -0.4 is 10.6 Å². The molecule has 0 bridgehead atoms. The first-order chi connectivity index (χ1) is 8.56. The van der Waals surface area contributed by atoms with Crippen molar-refractivity contribution in [3.63, 3.8) is 0 Å². The number of carboxylic acid groups (broad SMARTS) is 1. The monoisotopic (exact) mass is 275 g/mol. The maximum atomic E-state index is 11.8. The molecule has 1 unspecified atom stereocenters. The van der Waals surface area contributed by atoms with Gasteiger partial charge < -0.3 is 20.6 Å². The van der Waals surface area contributed by atoms with Crippen LogP contribution in [-0.4, -0.2) is 65.1 Å². The largest absolute Gasteiger partial charge is 0.480 e. The second-order valence-corrected chi connectivity index (χ2v) is 4.88. The number of rotatable bonds is 4. The van der Waals surface area contributed by atoms with Crippen molar-refractivity contribution in [3.05, 3.63) is 0 Å². The number of thioether (sulfide) groups is 1. The molecule has 0 aromatic carbocycles. The third-order valence-corrected chi connectivity index (χ3v) is 3.47. The highest BCUT2D eigenvalue weighted by molar-refractivity contribution is 7.99. The Morgan fingerprint density at radius 2 is 2.11 bits per heavy atom. The zero-order valence-electron chi connectivity index (χ0n) is 10.1. The summed E-state index contributed by atoms with van der Waals surface area (Å²) in [5.74, 6) is -0.220. The fourth-order valence-electron chi connectivity index (χ4n) is 1.57. The van der Waals surface area contributed by atoms with Gasteiger partial charge in [0.2, 0.25) is 5.91 Å². The predicted molar refractivity (Wildman–Crippen MR) is 67.5 cm³/mol. The summed E-state index contributed by atoms with van der Waals surface area (Å²) >= 11 is 1.50. The summed E-state index contributed by atoms with van der Waals surface area (Å²) in [6, 6.07) is -1.33. The Hall–Kier alpha value is -1.44. The first-order valence-electron chi connectivity index (χ1n) is 5.68. The second-order valence-electron chi connectivity index (χ2n) is 3.73. The van der Waals surface area contributed by atoms with Gasteiger partial charge in [-0.15, -0.1) is 0 Å². The fraction of sp³-hybridized carbons (Fsp3) is 0.700. The molecule has 1 aliphatic heterocycles. The molecule has 1 saturated heterocycles. The normalized spacial score (nSPS) is 19.2. The summed E-state index contributed by atoms with van der Waals surface area (Å²) in [6.45, 7) is 2.51. The lowest BCUT2D eigenvalue weighted by molar-refractivity contribution is -0.141. The Morgan fingerprint density at radius 3 is 2.72 bits per heavy atom. The van der Waals surface area contributed by atoms with Crippen molar-refractivity contribution in [1.29, 1.82) is 0 Å². The zero-order chi connectivity index (χ0) is 13.5. The average Bonchev–Trinajstić information content (AvgIpc) is 2.36. The summed E-state index contributed by atoms with van der Waals surface area (Å²) in [5, 5.41) is 14.0. The SMILES string of the molecule is CCNC(=O)CNC(=O)N1CCSCC1C(=O)O. The van der Waals surface area contributed by atoms with Crippen molar-refractivity contribution < 1.29 is 19.5 Å². The van der Waals surface area contributed by atoms with Crippen LogP contribution in [0.2, 0.25) is 0 Å². The van der Waals surface area contributed by atoms with E-state index in [4.69, 9.17) is 5.11 Å². The molecule has 18 heavy (non-hydrogen) atoms. The van der Waals surface area contributed by atoms with Crippen LogP contribution in [0.4, 0.5) is 4.79 Å². The molecule has 8 heteroatoms. The quantitative estimate of drug-likeness (QED) is 0.632. The van der Waals surface area contributed by atoms with Crippen molar-refractivity contribution in [2.45, 2.75) is 13.0 Å². The van der Waals surface area contributed by atoms with E-state index in [0.29, 0.717) is 24.6 Å². The molecule has 7 nitrogen and oxygen atoms in total. The topological polar surface area (TPSA) is 98.7 Å². The Kier molecular flexibility index (Phi) is 5.76. The third-order valence-electron chi connectivity index (χ3n) is 2.45. The van der Waals surface area contributed by atoms with Crippen LogP contribution in [0.25, 0.3) is 0 Å². The first kappa shape index (κ1) is 14.6. The number of aliphatic carboxylic acids is 1. The second kappa shape index (κ2) is 7.10. The van der Waals surface area contributed by atoms with Crippen LogP contribution in [0.3, 0.4) is 0 Å². The number of amides is 3. The summed E-state index contributed by atoms with van der Waals surface area (Å²) < 4.78 is 0. The fourth-order valence-corrected chi connectivity index (χ4v) is 2.61. The number of carbonyl (C=O) groups excluding carboxylic acids is 2. The van der Waals surface area contributed by atoms with Crippen molar-refractivity contribution >= 4 is 29.7 Å². The Labute approximate surface area is 109 Å². The van der Waals surface area contributed by atoms with Gasteiger partial charge in [-0.3, -0.25) is 4.79 Å². The Morgan fingerprint density at radius 1 is 1.39 bits per heavy atom. The molecule has 0 aromatic heterocycles. The van der Waals surface area contributed by atoms with E-state index in [1.807, 2.05) is 0 Å². The van der Waals surface area contributed by atoms with E-state index in [2.05, 4.69) is 10.6 Å². The molecule has 1 fully saturated rings. The summed E-state index contributed by atoms with van der Waals surface area (Å²) in [6.07, 6.45) is 0. The Balaban J connectivity index is 2.48. The molecule has 1 aliphatic rings. The van der Waals surface area contributed by atoms with E-state index in [1.165, 1.54) is 16.7 Å². The van der Waals surface area contributed by atoms with Gasteiger partial charge in [-0.25, -0.2) is 9.59 Å². The van der Waals surface area contributed by atoms with Crippen LogP contribution in [-0.2, 0) is 9.59 Å². The molecule has 1 atom stereocenters. The van der Waals surface area contributed by atoms with Gasteiger partial charge in [-0.05, 0) is 6.92 Å². The number of hydrogen-bond acceptors (Lipinski definition) is 4. The maximum Gasteiger partial charge on any atom is 0.327 e. The number of carboxylic acids is 1. The summed E-state index contributed by atoms with van der Waals surface area (Å²) in [7, 11) is 0.